The molecule has 184 valence electrons. The Hall–Kier alpha value is -2.74. The molecule has 0 amide bonds. The number of nitrogens with zero attached hydrogens (tertiary/aromatic N) is 3. The number of ether oxygens (including phenoxy) is 1. The first-order chi connectivity index (χ1) is 17.1. The average molecular weight is 480 g/mol. The van der Waals surface area contributed by atoms with E-state index in [1.165, 1.54) is 25.0 Å². The van der Waals surface area contributed by atoms with Crippen LogP contribution in [-0.4, -0.2) is 66.5 Å². The number of likely N-dealkylation sites (tertiary alicyclic amines) is 1. The normalized spacial score (nSPS) is 17.3. The van der Waals surface area contributed by atoms with Gasteiger partial charge in [0.1, 0.15) is 11.6 Å². The van der Waals surface area contributed by atoms with Crippen molar-refractivity contribution < 1.29 is 18.3 Å². The number of hydrogen-bond donors (Lipinski definition) is 0. The lowest BCUT2D eigenvalue weighted by atomic mass is 9.98. The average Bonchev–Trinajstić information content (AvgIpc) is 3.38. The molecule has 5 rings (SSSR count). The maximum atomic E-state index is 15.2. The molecule has 0 N–H and O–H groups in total. The summed E-state index contributed by atoms with van der Waals surface area (Å²) >= 11 is 0. The molecule has 0 saturated carbocycles. The summed E-state index contributed by atoms with van der Waals surface area (Å²) in [4.78, 5) is 22.4. The molecule has 0 unspecified atom stereocenters. The van der Waals surface area contributed by atoms with Gasteiger partial charge in [0.05, 0.1) is 24.4 Å². The van der Waals surface area contributed by atoms with E-state index in [9.17, 15) is 9.18 Å². The summed E-state index contributed by atoms with van der Waals surface area (Å²) < 4.78 is 34.7. The monoisotopic (exact) mass is 479 g/mol. The van der Waals surface area contributed by atoms with Gasteiger partial charge in [0.2, 0.25) is 0 Å². The van der Waals surface area contributed by atoms with Crippen molar-refractivity contribution in [3.8, 4) is 11.3 Å². The zero-order valence-corrected chi connectivity index (χ0v) is 19.9. The summed E-state index contributed by atoms with van der Waals surface area (Å²) in [5, 5.41) is 0.476. The highest BCUT2D eigenvalue weighted by atomic mass is 19.1. The molecule has 2 aliphatic heterocycles. The van der Waals surface area contributed by atoms with Crippen molar-refractivity contribution in [3.05, 3.63) is 65.2 Å². The Kier molecular flexibility index (Phi) is 7.46. The molecule has 0 atom stereocenters. The molecule has 5 nitrogen and oxygen atoms in total. The number of carbonyl (C=O) groups excluding carboxylic acids is 1. The van der Waals surface area contributed by atoms with E-state index in [-0.39, 0.29) is 11.6 Å². The number of fused-ring (bicyclic) bond motifs is 1. The van der Waals surface area contributed by atoms with E-state index in [2.05, 4.69) is 14.8 Å². The van der Waals surface area contributed by atoms with Gasteiger partial charge >= 0.3 is 0 Å². The molecule has 2 aromatic carbocycles. The van der Waals surface area contributed by atoms with Crippen molar-refractivity contribution in [2.75, 3.05) is 45.9 Å². The van der Waals surface area contributed by atoms with Crippen LogP contribution >= 0.6 is 0 Å². The Bertz CT molecular complexity index is 1200. The van der Waals surface area contributed by atoms with E-state index in [1.54, 1.807) is 24.3 Å². The zero-order chi connectivity index (χ0) is 24.2. The van der Waals surface area contributed by atoms with Gasteiger partial charge in [-0.3, -0.25) is 9.69 Å². The summed E-state index contributed by atoms with van der Waals surface area (Å²) in [6, 6.07) is 11.0. The fraction of sp³-hybridized carbons (Fsp3) is 0.429. The summed E-state index contributed by atoms with van der Waals surface area (Å²) in [6.45, 7) is 6.75. The lowest BCUT2D eigenvalue weighted by Crippen LogP contribution is -2.35. The highest BCUT2D eigenvalue weighted by Gasteiger charge is 2.18. The third kappa shape index (κ3) is 5.74. The maximum Gasteiger partial charge on any atom is 0.163 e. The van der Waals surface area contributed by atoms with Crippen molar-refractivity contribution >= 4 is 16.7 Å². The van der Waals surface area contributed by atoms with Gasteiger partial charge < -0.3 is 9.64 Å². The summed E-state index contributed by atoms with van der Waals surface area (Å²) in [7, 11) is 0. The van der Waals surface area contributed by atoms with Crippen LogP contribution in [0.15, 0.2) is 42.5 Å². The quantitative estimate of drug-likeness (QED) is 0.422. The second-order valence-corrected chi connectivity index (χ2v) is 9.49. The lowest BCUT2D eigenvalue weighted by molar-refractivity contribution is 0.0341. The number of halogens is 2. The van der Waals surface area contributed by atoms with Crippen molar-refractivity contribution in [2.45, 2.75) is 32.2 Å². The number of rotatable bonds is 8. The summed E-state index contributed by atoms with van der Waals surface area (Å²) in [6.07, 6.45) is 3.54. The largest absolute Gasteiger partial charge is 0.379 e. The molecule has 1 aromatic heterocycles. The second kappa shape index (κ2) is 10.9. The van der Waals surface area contributed by atoms with E-state index < -0.39 is 5.82 Å². The fourth-order valence-electron chi connectivity index (χ4n) is 5.05. The van der Waals surface area contributed by atoms with Crippen molar-refractivity contribution in [1.82, 2.24) is 14.8 Å². The Labute approximate surface area is 204 Å². The van der Waals surface area contributed by atoms with Gasteiger partial charge in [-0.05, 0) is 80.9 Å². The number of Topliss-reactive ketones (excluding diaryl/α,β-unsaturated/α-hetero) is 1. The molecule has 0 radical (unpaired) electrons. The van der Waals surface area contributed by atoms with E-state index >= 15 is 4.39 Å². The minimum atomic E-state index is -0.420. The Morgan fingerprint density at radius 3 is 2.51 bits per heavy atom. The SMILES string of the molecule is O=C(CCCN1CCCC1)c1cc(-c2ccc(CN3CCOCC3)cc2F)nc2ccc(F)cc12. The third-order valence-corrected chi connectivity index (χ3v) is 6.97. The van der Waals surface area contributed by atoms with Gasteiger partial charge in [-0.15, -0.1) is 0 Å². The summed E-state index contributed by atoms with van der Waals surface area (Å²) in [5.41, 5.74) is 2.51. The minimum absolute atomic E-state index is 0.0622. The molecular formula is C28H31F2N3O2. The third-order valence-electron chi connectivity index (χ3n) is 6.97. The molecule has 3 heterocycles. The fourth-order valence-corrected chi connectivity index (χ4v) is 5.05. The van der Waals surface area contributed by atoms with Crippen LogP contribution < -0.4 is 0 Å². The van der Waals surface area contributed by atoms with Crippen molar-refractivity contribution in [1.29, 1.82) is 0 Å². The Morgan fingerprint density at radius 1 is 0.943 bits per heavy atom. The van der Waals surface area contributed by atoms with Crippen LogP contribution in [0, 0.1) is 11.6 Å². The van der Waals surface area contributed by atoms with Gasteiger partial charge in [0, 0.05) is 42.6 Å². The Balaban J connectivity index is 1.40. The van der Waals surface area contributed by atoms with Gasteiger partial charge in [0.25, 0.3) is 0 Å². The van der Waals surface area contributed by atoms with Gasteiger partial charge in [-0.1, -0.05) is 6.07 Å². The van der Waals surface area contributed by atoms with Crippen LogP contribution in [0.1, 0.15) is 41.6 Å². The first-order valence-corrected chi connectivity index (χ1v) is 12.5. The van der Waals surface area contributed by atoms with Crippen molar-refractivity contribution in [2.24, 2.45) is 0 Å². The molecule has 7 heteroatoms. The molecule has 3 aromatic rings. The van der Waals surface area contributed by atoms with E-state index in [0.717, 1.165) is 44.7 Å². The standard InChI is InChI=1S/C28H31F2N3O2/c29-21-6-8-26-23(17-21)24(28(34)4-3-11-32-9-1-2-10-32)18-27(31-26)22-7-5-20(16-25(22)30)19-33-12-14-35-15-13-33/h5-8,16-18H,1-4,9-15,19H2. The van der Waals surface area contributed by atoms with Crippen LogP contribution in [0.4, 0.5) is 8.78 Å². The number of carbonyl (C=O) groups is 1. The van der Waals surface area contributed by atoms with Crippen LogP contribution in [0.3, 0.4) is 0 Å². The number of ketones is 1. The first-order valence-electron chi connectivity index (χ1n) is 12.5. The lowest BCUT2D eigenvalue weighted by Gasteiger charge is -2.26. The number of morpholine rings is 1. The Morgan fingerprint density at radius 2 is 1.74 bits per heavy atom. The number of pyridine rings is 1. The number of hydrogen-bond acceptors (Lipinski definition) is 5. The van der Waals surface area contributed by atoms with E-state index in [0.29, 0.717) is 53.9 Å². The second-order valence-electron chi connectivity index (χ2n) is 9.49. The highest BCUT2D eigenvalue weighted by Crippen LogP contribution is 2.29. The van der Waals surface area contributed by atoms with Crippen LogP contribution in [0.5, 0.6) is 0 Å². The minimum Gasteiger partial charge on any atom is -0.379 e. The molecule has 2 aliphatic rings. The maximum absolute atomic E-state index is 15.2. The molecule has 0 aliphatic carbocycles. The molecule has 0 bridgehead atoms. The van der Waals surface area contributed by atoms with Gasteiger partial charge in [-0.25, -0.2) is 13.8 Å². The van der Waals surface area contributed by atoms with Crippen LogP contribution in [0.25, 0.3) is 22.2 Å². The number of aromatic nitrogens is 1. The predicted octanol–water partition coefficient (Wildman–Crippen LogP) is 5.07. The molecule has 2 fully saturated rings. The predicted molar refractivity (Wildman–Crippen MR) is 132 cm³/mol. The topological polar surface area (TPSA) is 45.7 Å². The molecule has 0 spiro atoms. The molecule has 35 heavy (non-hydrogen) atoms. The molecular weight excluding hydrogens is 448 g/mol. The zero-order valence-electron chi connectivity index (χ0n) is 19.9. The molecule has 2 saturated heterocycles. The first kappa shape index (κ1) is 24.0. The smallest absolute Gasteiger partial charge is 0.163 e. The van der Waals surface area contributed by atoms with Gasteiger partial charge in [0.15, 0.2) is 5.78 Å². The van der Waals surface area contributed by atoms with E-state index in [4.69, 9.17) is 4.74 Å². The van der Waals surface area contributed by atoms with E-state index in [1.807, 2.05) is 6.07 Å². The summed E-state index contributed by atoms with van der Waals surface area (Å²) in [5.74, 6) is -0.859. The van der Waals surface area contributed by atoms with Gasteiger partial charge in [-0.2, -0.15) is 0 Å². The van der Waals surface area contributed by atoms with Crippen LogP contribution in [-0.2, 0) is 11.3 Å². The highest BCUT2D eigenvalue weighted by molar-refractivity contribution is 6.08. The van der Waals surface area contributed by atoms with Crippen molar-refractivity contribution in [3.63, 3.8) is 0 Å². The number of benzene rings is 2. The van der Waals surface area contributed by atoms with Crippen LogP contribution in [0.2, 0.25) is 0 Å².